The van der Waals surface area contributed by atoms with Gasteiger partial charge < -0.3 is 31.9 Å². The number of carboxylic acid groups (broad SMARTS) is 2. The van der Waals surface area contributed by atoms with Gasteiger partial charge in [0.05, 0.1) is 12.5 Å². The number of nitrogens with two attached hydrogens (primary N) is 1. The lowest BCUT2D eigenvalue weighted by molar-refractivity contribution is -0.141. The Balaban J connectivity index is 5.09. The van der Waals surface area contributed by atoms with E-state index in [4.69, 9.17) is 15.9 Å². The molecule has 11 nitrogen and oxygen atoms in total. The predicted molar refractivity (Wildman–Crippen MR) is 103 cm³/mol. The lowest BCUT2D eigenvalue weighted by Gasteiger charge is -2.24. The molecule has 0 saturated heterocycles. The van der Waals surface area contributed by atoms with Crippen LogP contribution in [0.1, 0.15) is 33.6 Å². The number of aliphatic carboxylic acids is 2. The second kappa shape index (κ2) is 12.2. The summed E-state index contributed by atoms with van der Waals surface area (Å²) in [4.78, 5) is 58.2. The van der Waals surface area contributed by atoms with Crippen LogP contribution in [0.15, 0.2) is 0 Å². The Bertz CT molecular complexity index is 600. The van der Waals surface area contributed by atoms with Crippen LogP contribution in [0.5, 0.6) is 0 Å². The number of thiol groups is 1. The van der Waals surface area contributed by atoms with Crippen molar-refractivity contribution in [1.29, 1.82) is 0 Å². The molecule has 0 aromatic carbocycles. The van der Waals surface area contributed by atoms with E-state index in [1.807, 2.05) is 13.8 Å². The SMILES string of the molecule is CC(C)CC(NC(=O)C(CS)NC(=O)C(N)CC(=O)O)C(=O)NC(C)C(=O)O. The lowest BCUT2D eigenvalue weighted by atomic mass is 10.0. The molecule has 0 rings (SSSR count). The number of hydrogen-bond acceptors (Lipinski definition) is 7. The van der Waals surface area contributed by atoms with Gasteiger partial charge in [-0.1, -0.05) is 13.8 Å². The van der Waals surface area contributed by atoms with Crippen molar-refractivity contribution in [3.63, 3.8) is 0 Å². The molecule has 0 aromatic rings. The first kappa shape index (κ1) is 25.7. The fraction of sp³-hybridized carbons (Fsp3) is 0.688. The van der Waals surface area contributed by atoms with E-state index in [0.717, 1.165) is 0 Å². The fourth-order valence-corrected chi connectivity index (χ4v) is 2.36. The van der Waals surface area contributed by atoms with Gasteiger partial charge in [-0.3, -0.25) is 24.0 Å². The third kappa shape index (κ3) is 9.55. The van der Waals surface area contributed by atoms with E-state index in [0.29, 0.717) is 0 Å². The van der Waals surface area contributed by atoms with Crippen LogP contribution in [-0.4, -0.2) is 69.8 Å². The first-order chi connectivity index (χ1) is 12.9. The van der Waals surface area contributed by atoms with Crippen molar-refractivity contribution in [3.05, 3.63) is 0 Å². The molecule has 0 heterocycles. The Morgan fingerprint density at radius 1 is 0.893 bits per heavy atom. The summed E-state index contributed by atoms with van der Waals surface area (Å²) in [6.45, 7) is 4.92. The van der Waals surface area contributed by atoms with Crippen LogP contribution < -0.4 is 21.7 Å². The summed E-state index contributed by atoms with van der Waals surface area (Å²) >= 11 is 3.98. The van der Waals surface area contributed by atoms with E-state index >= 15 is 0 Å². The van der Waals surface area contributed by atoms with Gasteiger partial charge in [0.2, 0.25) is 17.7 Å². The van der Waals surface area contributed by atoms with E-state index in [9.17, 15) is 24.0 Å². The molecular formula is C16H28N4O7S. The Morgan fingerprint density at radius 3 is 1.82 bits per heavy atom. The minimum absolute atomic E-state index is 0.00390. The number of carboxylic acids is 2. The molecule has 0 aliphatic carbocycles. The van der Waals surface area contributed by atoms with Gasteiger partial charge in [-0.15, -0.1) is 0 Å². The summed E-state index contributed by atoms with van der Waals surface area (Å²) in [6, 6.07) is -4.68. The molecule has 0 bridgehead atoms. The molecule has 0 radical (unpaired) electrons. The third-order valence-corrected chi connectivity index (χ3v) is 3.98. The Morgan fingerprint density at radius 2 is 1.39 bits per heavy atom. The number of carbonyl (C=O) groups is 5. The van der Waals surface area contributed by atoms with E-state index < -0.39 is 60.2 Å². The topological polar surface area (TPSA) is 188 Å². The molecule has 12 heteroatoms. The highest BCUT2D eigenvalue weighted by Gasteiger charge is 2.29. The van der Waals surface area contributed by atoms with Gasteiger partial charge in [-0.2, -0.15) is 12.6 Å². The monoisotopic (exact) mass is 420 g/mol. The van der Waals surface area contributed by atoms with Gasteiger partial charge in [0.25, 0.3) is 0 Å². The molecule has 160 valence electrons. The molecule has 0 aromatic heterocycles. The maximum atomic E-state index is 12.4. The normalized spacial score (nSPS) is 15.1. The minimum atomic E-state index is -1.35. The summed E-state index contributed by atoms with van der Waals surface area (Å²) in [5, 5.41) is 24.6. The van der Waals surface area contributed by atoms with Gasteiger partial charge in [0, 0.05) is 5.75 Å². The quantitative estimate of drug-likeness (QED) is 0.182. The van der Waals surface area contributed by atoms with Gasteiger partial charge in [0.15, 0.2) is 0 Å². The van der Waals surface area contributed by atoms with E-state index in [1.54, 1.807) is 0 Å². The Labute approximate surface area is 168 Å². The van der Waals surface area contributed by atoms with Crippen LogP contribution in [0.3, 0.4) is 0 Å². The van der Waals surface area contributed by atoms with Crippen molar-refractivity contribution in [1.82, 2.24) is 16.0 Å². The zero-order valence-corrected chi connectivity index (χ0v) is 16.9. The molecule has 0 aliphatic rings. The molecule has 3 amide bonds. The molecule has 0 fully saturated rings. The summed E-state index contributed by atoms with van der Waals surface area (Å²) in [5.74, 6) is -4.87. The van der Waals surface area contributed by atoms with Gasteiger partial charge in [-0.25, -0.2) is 0 Å². The minimum Gasteiger partial charge on any atom is -0.481 e. The van der Waals surface area contributed by atoms with Crippen molar-refractivity contribution in [2.24, 2.45) is 11.7 Å². The first-order valence-corrected chi connectivity index (χ1v) is 9.24. The Kier molecular flexibility index (Phi) is 11.2. The average Bonchev–Trinajstić information content (AvgIpc) is 2.57. The molecule has 28 heavy (non-hydrogen) atoms. The summed E-state index contributed by atoms with van der Waals surface area (Å²) in [5.41, 5.74) is 5.45. The van der Waals surface area contributed by atoms with Crippen LogP contribution in [0, 0.1) is 5.92 Å². The zero-order valence-electron chi connectivity index (χ0n) is 16.0. The third-order valence-electron chi connectivity index (χ3n) is 3.62. The van der Waals surface area contributed by atoms with Gasteiger partial charge in [-0.05, 0) is 19.3 Å². The van der Waals surface area contributed by atoms with E-state index in [1.165, 1.54) is 6.92 Å². The molecule has 7 N–H and O–H groups in total. The molecular weight excluding hydrogens is 392 g/mol. The fourth-order valence-electron chi connectivity index (χ4n) is 2.10. The van der Waals surface area contributed by atoms with Gasteiger partial charge in [0.1, 0.15) is 18.1 Å². The number of amides is 3. The molecule has 4 unspecified atom stereocenters. The number of nitrogens with one attached hydrogen (secondary N) is 3. The van der Waals surface area contributed by atoms with Crippen molar-refractivity contribution in [3.8, 4) is 0 Å². The predicted octanol–water partition coefficient (Wildman–Crippen LogP) is -1.68. The maximum Gasteiger partial charge on any atom is 0.325 e. The highest BCUT2D eigenvalue weighted by molar-refractivity contribution is 7.80. The Hall–Kier alpha value is -2.34. The standard InChI is InChI=1S/C16H28N4O7S/c1-7(2)4-10(14(24)18-8(3)16(26)27)19-15(25)11(6-28)20-13(23)9(17)5-12(21)22/h7-11,28H,4-6,17H2,1-3H3,(H,18,24)(H,19,25)(H,20,23)(H,21,22)(H,26,27). The molecule has 4 atom stereocenters. The van der Waals surface area contributed by atoms with E-state index in [2.05, 4.69) is 28.6 Å². The van der Waals surface area contributed by atoms with Crippen LogP contribution in [0.25, 0.3) is 0 Å². The number of rotatable bonds is 12. The zero-order chi connectivity index (χ0) is 22.0. The summed E-state index contributed by atoms with van der Waals surface area (Å²) in [7, 11) is 0. The second-order valence-electron chi connectivity index (χ2n) is 6.71. The van der Waals surface area contributed by atoms with E-state index in [-0.39, 0.29) is 18.1 Å². The van der Waals surface area contributed by atoms with Crippen molar-refractivity contribution in [2.75, 3.05) is 5.75 Å². The first-order valence-electron chi connectivity index (χ1n) is 8.61. The summed E-state index contributed by atoms with van der Waals surface area (Å²) in [6.07, 6.45) is -0.381. The maximum absolute atomic E-state index is 12.4. The van der Waals surface area contributed by atoms with Crippen LogP contribution in [0.4, 0.5) is 0 Å². The molecule has 0 saturated carbocycles. The van der Waals surface area contributed by atoms with Crippen LogP contribution in [0.2, 0.25) is 0 Å². The highest BCUT2D eigenvalue weighted by atomic mass is 32.1. The van der Waals surface area contributed by atoms with Crippen LogP contribution in [-0.2, 0) is 24.0 Å². The smallest absolute Gasteiger partial charge is 0.325 e. The molecule has 0 aliphatic heterocycles. The highest BCUT2D eigenvalue weighted by Crippen LogP contribution is 2.06. The van der Waals surface area contributed by atoms with Crippen molar-refractivity contribution in [2.45, 2.75) is 57.8 Å². The number of carbonyl (C=O) groups excluding carboxylic acids is 3. The van der Waals surface area contributed by atoms with Crippen LogP contribution >= 0.6 is 12.6 Å². The average molecular weight is 420 g/mol. The number of hydrogen-bond donors (Lipinski definition) is 7. The largest absolute Gasteiger partial charge is 0.481 e. The van der Waals surface area contributed by atoms with Gasteiger partial charge >= 0.3 is 11.9 Å². The second-order valence-corrected chi connectivity index (χ2v) is 7.07. The lowest BCUT2D eigenvalue weighted by Crippen LogP contribution is -2.57. The molecule has 0 spiro atoms. The van der Waals surface area contributed by atoms with Crippen molar-refractivity contribution < 1.29 is 34.2 Å². The summed E-state index contributed by atoms with van der Waals surface area (Å²) < 4.78 is 0. The van der Waals surface area contributed by atoms with Crippen molar-refractivity contribution >= 4 is 42.3 Å².